The van der Waals surface area contributed by atoms with E-state index in [4.69, 9.17) is 37.7 Å². The number of benzene rings is 2. The van der Waals surface area contributed by atoms with Crippen molar-refractivity contribution in [2.45, 2.75) is 19.8 Å². The van der Waals surface area contributed by atoms with E-state index < -0.39 is 19.5 Å². The Hall–Kier alpha value is -1.56. The van der Waals surface area contributed by atoms with Gasteiger partial charge in [-0.1, -0.05) is 37.0 Å². The summed E-state index contributed by atoms with van der Waals surface area (Å²) >= 11 is 12.4. The number of carbonyl (C=O) groups excluding carboxylic acids is 1. The first-order valence-electron chi connectivity index (χ1n) is 7.56. The Bertz CT molecular complexity index is 874. The zero-order chi connectivity index (χ0) is 19.6. The summed E-state index contributed by atoms with van der Waals surface area (Å²) in [4.78, 5) is 29.5. The molecule has 0 heterocycles. The number of carbonyl (C=O) groups is 1. The van der Waals surface area contributed by atoms with E-state index in [1.807, 2.05) is 13.8 Å². The Morgan fingerprint density at radius 3 is 2.27 bits per heavy atom. The highest BCUT2D eigenvalue weighted by atomic mass is 35.5. The molecule has 0 amide bonds. The average molecular weight is 419 g/mol. The molecular formula is C17H17Cl2O6P. The fourth-order valence-electron chi connectivity index (χ4n) is 2.32. The second-order valence-electron chi connectivity index (χ2n) is 5.96. The van der Waals surface area contributed by atoms with Crippen molar-refractivity contribution in [3.63, 3.8) is 0 Å². The third-order valence-corrected chi connectivity index (χ3v) is 4.92. The summed E-state index contributed by atoms with van der Waals surface area (Å²) in [6.07, 6.45) is -0.865. The summed E-state index contributed by atoms with van der Waals surface area (Å²) in [6.45, 7) is 3.78. The Kier molecular flexibility index (Phi) is 6.37. The zero-order valence-corrected chi connectivity index (χ0v) is 16.3. The van der Waals surface area contributed by atoms with Crippen molar-refractivity contribution in [1.29, 1.82) is 0 Å². The fourth-order valence-corrected chi connectivity index (χ4v) is 3.75. The van der Waals surface area contributed by atoms with Crippen LogP contribution in [0.4, 0.5) is 0 Å². The molecule has 0 saturated heterocycles. The summed E-state index contributed by atoms with van der Waals surface area (Å²) in [5.74, 6) is -0.577. The molecule has 2 rings (SSSR count). The molecule has 0 saturated carbocycles. The molecule has 0 aliphatic rings. The highest BCUT2D eigenvalue weighted by molar-refractivity contribution is 7.52. The molecule has 0 spiro atoms. The summed E-state index contributed by atoms with van der Waals surface area (Å²) in [6, 6.07) is 7.06. The number of hydrogen-bond acceptors (Lipinski definition) is 4. The van der Waals surface area contributed by atoms with E-state index in [1.165, 1.54) is 30.3 Å². The van der Waals surface area contributed by atoms with Gasteiger partial charge in [-0.2, -0.15) is 0 Å². The molecule has 0 bridgehead atoms. The predicted molar refractivity (Wildman–Crippen MR) is 100.0 cm³/mol. The summed E-state index contributed by atoms with van der Waals surface area (Å²) < 4.78 is 16.5. The number of halogens is 2. The molecule has 0 aliphatic carbocycles. The topological polar surface area (TPSA) is 104 Å². The van der Waals surface area contributed by atoms with E-state index in [0.717, 1.165) is 0 Å². The third kappa shape index (κ3) is 5.00. The predicted octanol–water partition coefficient (Wildman–Crippen LogP) is 4.98. The molecule has 140 valence electrons. The van der Waals surface area contributed by atoms with Crippen LogP contribution >= 0.6 is 30.8 Å². The van der Waals surface area contributed by atoms with Crippen molar-refractivity contribution < 1.29 is 29.0 Å². The van der Waals surface area contributed by atoms with Gasteiger partial charge in [-0.3, -0.25) is 9.36 Å². The van der Waals surface area contributed by atoms with E-state index in [9.17, 15) is 14.5 Å². The maximum atomic E-state index is 11.8. The normalized spacial score (nSPS) is 11.7. The summed E-state index contributed by atoms with van der Waals surface area (Å²) in [7, 11) is -4.43. The highest BCUT2D eigenvalue weighted by Gasteiger charge is 2.21. The lowest BCUT2D eigenvalue weighted by atomic mass is 10.0. The number of ether oxygens (including phenoxy) is 1. The standard InChI is InChI=1S/C17H17Cl2O6P/c1-9(2)15-12(18)7-14(17(21)16(15)19)25-11-5-3-10(4-6-11)13(20)8-26(22,23)24/h3-7,9,21H,8H2,1-2H3,(H2,22,23,24). The fraction of sp³-hybridized carbons (Fsp3) is 0.235. The quantitative estimate of drug-likeness (QED) is 0.451. The number of rotatable bonds is 6. The second kappa shape index (κ2) is 7.99. The zero-order valence-electron chi connectivity index (χ0n) is 13.9. The van der Waals surface area contributed by atoms with E-state index in [1.54, 1.807) is 0 Å². The van der Waals surface area contributed by atoms with Gasteiger partial charge >= 0.3 is 7.60 Å². The molecule has 0 unspecified atom stereocenters. The molecule has 2 aromatic rings. The van der Waals surface area contributed by atoms with Crippen molar-refractivity contribution in [3.05, 3.63) is 51.5 Å². The first-order chi connectivity index (χ1) is 12.0. The Morgan fingerprint density at radius 1 is 1.19 bits per heavy atom. The lowest BCUT2D eigenvalue weighted by Crippen LogP contribution is -2.05. The van der Waals surface area contributed by atoms with Gasteiger partial charge in [0, 0.05) is 16.7 Å². The van der Waals surface area contributed by atoms with Gasteiger partial charge in [0.15, 0.2) is 17.3 Å². The molecule has 0 aromatic heterocycles. The Balaban J connectivity index is 2.25. The summed E-state index contributed by atoms with van der Waals surface area (Å²) in [5.41, 5.74) is 0.743. The van der Waals surface area contributed by atoms with Crippen LogP contribution in [0.2, 0.25) is 10.0 Å². The largest absolute Gasteiger partial charge is 0.503 e. The second-order valence-corrected chi connectivity index (χ2v) is 8.39. The van der Waals surface area contributed by atoms with Crippen molar-refractivity contribution in [2.24, 2.45) is 0 Å². The lowest BCUT2D eigenvalue weighted by Gasteiger charge is -2.16. The van der Waals surface area contributed by atoms with Crippen molar-refractivity contribution in [2.75, 3.05) is 6.16 Å². The van der Waals surface area contributed by atoms with Crippen LogP contribution in [0.3, 0.4) is 0 Å². The molecule has 0 fully saturated rings. The molecule has 0 aliphatic heterocycles. The van der Waals surface area contributed by atoms with Gasteiger partial charge in [0.1, 0.15) is 11.9 Å². The van der Waals surface area contributed by atoms with E-state index >= 15 is 0 Å². The highest BCUT2D eigenvalue weighted by Crippen LogP contribution is 2.45. The minimum Gasteiger partial charge on any atom is -0.503 e. The van der Waals surface area contributed by atoms with Crippen LogP contribution in [0.1, 0.15) is 35.7 Å². The third-order valence-electron chi connectivity index (χ3n) is 3.52. The molecule has 0 radical (unpaired) electrons. The number of Topliss-reactive ketones (excluding diaryl/α,β-unsaturated/α-hetero) is 1. The molecule has 26 heavy (non-hydrogen) atoms. The SMILES string of the molecule is CC(C)c1c(Cl)cc(Oc2ccc(C(=O)CP(=O)(O)O)cc2)c(O)c1Cl. The number of phenolic OH excluding ortho intramolecular Hbond substituents is 1. The maximum absolute atomic E-state index is 11.8. The Labute approximate surface area is 160 Å². The number of phenols is 1. The molecule has 3 N–H and O–H groups in total. The molecular weight excluding hydrogens is 402 g/mol. The van der Waals surface area contributed by atoms with Gasteiger partial charge in [-0.15, -0.1) is 0 Å². The minimum absolute atomic E-state index is 0.00858. The number of aromatic hydroxyl groups is 1. The Morgan fingerprint density at radius 2 is 1.77 bits per heavy atom. The van der Waals surface area contributed by atoms with Gasteiger partial charge in [-0.05, 0) is 35.7 Å². The van der Waals surface area contributed by atoms with Gasteiger partial charge in [0.25, 0.3) is 0 Å². The van der Waals surface area contributed by atoms with Crippen LogP contribution in [-0.4, -0.2) is 26.8 Å². The molecule has 9 heteroatoms. The van der Waals surface area contributed by atoms with Crippen LogP contribution in [0.15, 0.2) is 30.3 Å². The molecule has 0 atom stereocenters. The average Bonchev–Trinajstić information content (AvgIpc) is 2.51. The number of ketones is 1. The van der Waals surface area contributed by atoms with Crippen LogP contribution in [0, 0.1) is 0 Å². The monoisotopic (exact) mass is 418 g/mol. The van der Waals surface area contributed by atoms with Crippen LogP contribution in [0.5, 0.6) is 17.2 Å². The maximum Gasteiger partial charge on any atom is 0.333 e. The van der Waals surface area contributed by atoms with Gasteiger partial charge < -0.3 is 19.6 Å². The van der Waals surface area contributed by atoms with E-state index in [2.05, 4.69) is 0 Å². The van der Waals surface area contributed by atoms with E-state index in [-0.39, 0.29) is 33.8 Å². The smallest absolute Gasteiger partial charge is 0.333 e. The molecule has 2 aromatic carbocycles. The molecule has 6 nitrogen and oxygen atoms in total. The van der Waals surface area contributed by atoms with Gasteiger partial charge in [-0.25, -0.2) is 0 Å². The minimum atomic E-state index is -4.43. The number of hydrogen-bond donors (Lipinski definition) is 3. The van der Waals surface area contributed by atoms with Gasteiger partial charge in [0.2, 0.25) is 0 Å². The van der Waals surface area contributed by atoms with Crippen molar-refractivity contribution in [1.82, 2.24) is 0 Å². The first-order valence-corrected chi connectivity index (χ1v) is 10.1. The van der Waals surface area contributed by atoms with Crippen molar-refractivity contribution in [3.8, 4) is 17.2 Å². The van der Waals surface area contributed by atoms with Crippen molar-refractivity contribution >= 4 is 36.6 Å². The van der Waals surface area contributed by atoms with Crippen LogP contribution in [-0.2, 0) is 4.57 Å². The van der Waals surface area contributed by atoms with Crippen LogP contribution < -0.4 is 4.74 Å². The van der Waals surface area contributed by atoms with Gasteiger partial charge in [0.05, 0.1) is 5.02 Å². The first kappa shape index (κ1) is 20.7. The summed E-state index contributed by atoms with van der Waals surface area (Å²) in [5, 5.41) is 10.7. The van der Waals surface area contributed by atoms with E-state index in [0.29, 0.717) is 10.6 Å². The van der Waals surface area contributed by atoms with Crippen LogP contribution in [0.25, 0.3) is 0 Å². The lowest BCUT2D eigenvalue weighted by molar-refractivity contribution is 0.101.